The van der Waals surface area contributed by atoms with E-state index in [9.17, 15) is 19.5 Å². The summed E-state index contributed by atoms with van der Waals surface area (Å²) in [5.74, 6) is -0.779. The van der Waals surface area contributed by atoms with E-state index < -0.39 is 12.1 Å². The van der Waals surface area contributed by atoms with Gasteiger partial charge >= 0.3 is 5.97 Å². The van der Waals surface area contributed by atoms with Crippen molar-refractivity contribution >= 4 is 17.8 Å². The van der Waals surface area contributed by atoms with E-state index in [1.165, 1.54) is 13.2 Å². The van der Waals surface area contributed by atoms with Gasteiger partial charge in [0, 0.05) is 50.7 Å². The van der Waals surface area contributed by atoms with Crippen LogP contribution >= 0.6 is 0 Å². The highest BCUT2D eigenvalue weighted by Crippen LogP contribution is 2.39. The predicted octanol–water partition coefficient (Wildman–Crippen LogP) is -0.672. The molecule has 3 saturated heterocycles. The minimum atomic E-state index is -0.496. The van der Waals surface area contributed by atoms with E-state index >= 15 is 0 Å². The summed E-state index contributed by atoms with van der Waals surface area (Å²) >= 11 is 0. The van der Waals surface area contributed by atoms with Gasteiger partial charge in [0.1, 0.15) is 0 Å². The lowest BCUT2D eigenvalue weighted by Gasteiger charge is -2.60. The van der Waals surface area contributed by atoms with E-state index in [0.29, 0.717) is 50.3 Å². The van der Waals surface area contributed by atoms with Crippen molar-refractivity contribution in [2.75, 3.05) is 46.4 Å². The fourth-order valence-electron chi connectivity index (χ4n) is 5.02. The molecule has 9 heteroatoms. The van der Waals surface area contributed by atoms with Crippen LogP contribution in [-0.4, -0.2) is 107 Å². The molecule has 3 heterocycles. The molecule has 0 saturated carbocycles. The smallest absolute Gasteiger partial charge is 0.337 e. The topological polar surface area (TPSA) is 111 Å². The van der Waals surface area contributed by atoms with Gasteiger partial charge in [0.05, 0.1) is 30.9 Å². The van der Waals surface area contributed by atoms with Crippen molar-refractivity contribution in [1.29, 1.82) is 0 Å². The molecule has 30 heavy (non-hydrogen) atoms. The van der Waals surface area contributed by atoms with Crippen molar-refractivity contribution < 1.29 is 29.3 Å². The number of fused-ring (bicyclic) bond motifs is 2. The molecule has 2 N–H and O–H groups in total. The van der Waals surface area contributed by atoms with Gasteiger partial charge < -0.3 is 24.7 Å². The lowest BCUT2D eigenvalue weighted by atomic mass is 9.83. The molecule has 4 rings (SSSR count). The first kappa shape index (κ1) is 20.8. The maximum absolute atomic E-state index is 13.0. The van der Waals surface area contributed by atoms with E-state index in [4.69, 9.17) is 9.84 Å². The van der Waals surface area contributed by atoms with Crippen LogP contribution in [0.1, 0.15) is 33.6 Å². The quantitative estimate of drug-likeness (QED) is 0.625. The molecule has 1 aromatic rings. The lowest BCUT2D eigenvalue weighted by Crippen LogP contribution is -2.79. The summed E-state index contributed by atoms with van der Waals surface area (Å²) in [4.78, 5) is 42.9. The second-order valence-electron chi connectivity index (χ2n) is 8.40. The van der Waals surface area contributed by atoms with Crippen LogP contribution in [-0.2, 0) is 9.53 Å². The Morgan fingerprint density at radius 3 is 2.53 bits per heavy atom. The second-order valence-corrected chi connectivity index (χ2v) is 8.40. The minimum absolute atomic E-state index is 0.0521. The minimum Gasteiger partial charge on any atom is -0.465 e. The maximum atomic E-state index is 13.0. The SMILES string of the molecule is COC(=O)c1cccc(C(=O)N2CC3(CN(C(=O)CCO)C[C@H]4C[C@@H](O)CN43)C2)c1. The Hall–Kier alpha value is -2.49. The Bertz CT molecular complexity index is 853. The molecule has 1 aromatic carbocycles. The highest BCUT2D eigenvalue weighted by atomic mass is 16.5. The van der Waals surface area contributed by atoms with Crippen LogP contribution in [0, 0.1) is 0 Å². The Balaban J connectivity index is 1.50. The van der Waals surface area contributed by atoms with E-state index in [0.717, 1.165) is 0 Å². The molecule has 0 aromatic heterocycles. The molecular weight excluding hydrogens is 390 g/mol. The number of amides is 2. The number of aliphatic hydroxyl groups excluding tert-OH is 2. The van der Waals surface area contributed by atoms with Crippen molar-refractivity contribution in [3.8, 4) is 0 Å². The third-order valence-corrected chi connectivity index (χ3v) is 6.38. The Morgan fingerprint density at radius 2 is 1.83 bits per heavy atom. The highest BCUT2D eigenvalue weighted by molar-refractivity contribution is 5.98. The largest absolute Gasteiger partial charge is 0.465 e. The molecule has 3 aliphatic rings. The summed E-state index contributed by atoms with van der Waals surface area (Å²) in [5.41, 5.74) is 0.343. The number of β-amino-alcohol motifs (C(OH)–C–C–N with tert-alkyl or cyclic N) is 1. The fourth-order valence-corrected chi connectivity index (χ4v) is 5.02. The Kier molecular flexibility index (Phi) is 5.52. The molecule has 3 aliphatic heterocycles. The molecule has 2 amide bonds. The van der Waals surface area contributed by atoms with Crippen LogP contribution in [0.25, 0.3) is 0 Å². The average Bonchev–Trinajstić information content (AvgIpc) is 3.11. The first-order valence-corrected chi connectivity index (χ1v) is 10.2. The molecule has 0 unspecified atom stereocenters. The standard InChI is InChI=1S/C21H27N3O6/c1-30-20(29)15-4-2-3-14(7-15)19(28)23-12-21(13-23)11-22(18(27)5-6-25)9-16-8-17(26)10-24(16)21/h2-4,7,16-17,25-26H,5-6,8-13H2,1H3/t16-,17-/m1/s1. The number of hydrogen-bond donors (Lipinski definition) is 2. The molecule has 3 fully saturated rings. The van der Waals surface area contributed by atoms with Gasteiger partial charge in [0.2, 0.25) is 5.91 Å². The van der Waals surface area contributed by atoms with Gasteiger partial charge in [-0.1, -0.05) is 6.07 Å². The summed E-state index contributed by atoms with van der Waals surface area (Å²) in [5, 5.41) is 19.3. The van der Waals surface area contributed by atoms with Gasteiger partial charge in [-0.2, -0.15) is 0 Å². The number of hydrogen-bond acceptors (Lipinski definition) is 7. The van der Waals surface area contributed by atoms with Crippen LogP contribution in [0.2, 0.25) is 0 Å². The number of piperazine rings is 1. The van der Waals surface area contributed by atoms with Crippen LogP contribution < -0.4 is 0 Å². The Labute approximate surface area is 174 Å². The number of esters is 1. The lowest BCUT2D eigenvalue weighted by molar-refractivity contribution is -0.147. The van der Waals surface area contributed by atoms with Crippen molar-refractivity contribution in [1.82, 2.24) is 14.7 Å². The number of benzene rings is 1. The Morgan fingerprint density at radius 1 is 1.13 bits per heavy atom. The molecule has 2 atom stereocenters. The number of aliphatic hydroxyl groups is 2. The van der Waals surface area contributed by atoms with Gasteiger partial charge in [-0.3, -0.25) is 14.5 Å². The molecular formula is C21H27N3O6. The number of methoxy groups -OCH3 is 1. The number of nitrogens with zero attached hydrogens (tertiary/aromatic N) is 3. The van der Waals surface area contributed by atoms with Gasteiger partial charge in [-0.25, -0.2) is 4.79 Å². The molecule has 0 aliphatic carbocycles. The first-order valence-electron chi connectivity index (χ1n) is 10.2. The monoisotopic (exact) mass is 417 g/mol. The summed E-state index contributed by atoms with van der Waals surface area (Å²) < 4.78 is 4.72. The summed E-state index contributed by atoms with van der Waals surface area (Å²) in [6.07, 6.45) is 0.231. The number of carbonyl (C=O) groups is 3. The highest BCUT2D eigenvalue weighted by Gasteiger charge is 2.57. The molecule has 0 bridgehead atoms. The molecule has 162 valence electrons. The van der Waals surface area contributed by atoms with Crippen molar-refractivity contribution in [2.45, 2.75) is 30.5 Å². The predicted molar refractivity (Wildman–Crippen MR) is 106 cm³/mol. The van der Waals surface area contributed by atoms with Gasteiger partial charge in [-0.05, 0) is 24.6 Å². The molecule has 0 radical (unpaired) electrons. The second kappa shape index (κ2) is 7.98. The molecule has 9 nitrogen and oxygen atoms in total. The summed E-state index contributed by atoms with van der Waals surface area (Å²) in [6, 6.07) is 6.50. The van der Waals surface area contributed by atoms with Gasteiger partial charge in [0.25, 0.3) is 5.91 Å². The van der Waals surface area contributed by atoms with E-state index in [1.807, 2.05) is 0 Å². The molecule has 1 spiro atoms. The van der Waals surface area contributed by atoms with Crippen molar-refractivity contribution in [3.63, 3.8) is 0 Å². The van der Waals surface area contributed by atoms with Crippen LogP contribution in [0.5, 0.6) is 0 Å². The zero-order chi connectivity index (χ0) is 21.5. The van der Waals surface area contributed by atoms with Crippen LogP contribution in [0.15, 0.2) is 24.3 Å². The van der Waals surface area contributed by atoms with Crippen molar-refractivity contribution in [3.05, 3.63) is 35.4 Å². The zero-order valence-corrected chi connectivity index (χ0v) is 17.0. The average molecular weight is 417 g/mol. The first-order chi connectivity index (χ1) is 14.4. The maximum Gasteiger partial charge on any atom is 0.337 e. The third-order valence-electron chi connectivity index (χ3n) is 6.38. The summed E-state index contributed by atoms with van der Waals surface area (Å²) in [7, 11) is 1.30. The zero-order valence-electron chi connectivity index (χ0n) is 17.0. The third kappa shape index (κ3) is 3.57. The normalized spacial score (nSPS) is 25.0. The number of ether oxygens (including phenoxy) is 1. The van der Waals surface area contributed by atoms with Gasteiger partial charge in [-0.15, -0.1) is 0 Å². The fraction of sp³-hybridized carbons (Fsp3) is 0.571. The number of rotatable bonds is 4. The van der Waals surface area contributed by atoms with Crippen molar-refractivity contribution in [2.24, 2.45) is 0 Å². The number of likely N-dealkylation sites (tertiary alicyclic amines) is 1. The van der Waals surface area contributed by atoms with Crippen LogP contribution in [0.3, 0.4) is 0 Å². The summed E-state index contributed by atoms with van der Waals surface area (Å²) in [6.45, 7) is 2.24. The van der Waals surface area contributed by atoms with Gasteiger partial charge in [0.15, 0.2) is 0 Å². The van der Waals surface area contributed by atoms with E-state index in [-0.39, 0.29) is 36.4 Å². The van der Waals surface area contributed by atoms with E-state index in [1.54, 1.807) is 28.0 Å². The van der Waals surface area contributed by atoms with Crippen LogP contribution in [0.4, 0.5) is 0 Å². The van der Waals surface area contributed by atoms with E-state index in [2.05, 4.69) is 4.90 Å². The number of carbonyl (C=O) groups excluding carboxylic acids is 3.